The van der Waals surface area contributed by atoms with E-state index >= 15 is 0 Å². The largest absolute Gasteiger partial charge is 0.497 e. The second-order valence-corrected chi connectivity index (χ2v) is 9.11. The van der Waals surface area contributed by atoms with Crippen LogP contribution in [0.1, 0.15) is 33.3 Å². The quantitative estimate of drug-likeness (QED) is 0.0902. The van der Waals surface area contributed by atoms with Gasteiger partial charge in [-0.15, -0.1) is 0 Å². The first-order valence-corrected chi connectivity index (χ1v) is 13.2. The van der Waals surface area contributed by atoms with Crippen LogP contribution in [0.25, 0.3) is 22.0 Å². The molecule has 0 spiro atoms. The Kier molecular flexibility index (Phi) is 8.48. The molecule has 5 rings (SSSR count). The molecule has 0 saturated heterocycles. The molecule has 4 aromatic carbocycles. The highest BCUT2D eigenvalue weighted by atomic mass is 16.6. The molecule has 2 N–H and O–H groups in total. The molecule has 1 heterocycles. The first-order valence-electron chi connectivity index (χ1n) is 13.2. The summed E-state index contributed by atoms with van der Waals surface area (Å²) in [6.07, 6.45) is 1.48. The topological polar surface area (TPSA) is 111 Å². The highest BCUT2D eigenvalue weighted by Gasteiger charge is 2.20. The van der Waals surface area contributed by atoms with Gasteiger partial charge in [-0.1, -0.05) is 30.3 Å². The van der Waals surface area contributed by atoms with Gasteiger partial charge in [0, 0.05) is 16.5 Å². The molecule has 0 unspecified atom stereocenters. The number of hydrazone groups is 1. The highest BCUT2D eigenvalue weighted by molar-refractivity contribution is 6.10. The minimum atomic E-state index is -0.537. The molecule has 0 radical (unpaired) electrons. The SMILES string of the molecule is CCOc1ccc2[nH]c(C(=O)NN=Cc3ccc(OC(=O)c4ccc(OC)cc4)c(OC)c3)c(-c3ccccc3)c2c1. The number of carbonyl (C=O) groups is 2. The van der Waals surface area contributed by atoms with Crippen LogP contribution in [0.3, 0.4) is 0 Å². The number of aromatic nitrogens is 1. The van der Waals surface area contributed by atoms with Crippen LogP contribution in [0.15, 0.2) is 96.1 Å². The van der Waals surface area contributed by atoms with Gasteiger partial charge in [0.05, 0.1) is 32.6 Å². The van der Waals surface area contributed by atoms with E-state index in [0.717, 1.165) is 27.8 Å². The van der Waals surface area contributed by atoms with Gasteiger partial charge in [-0.2, -0.15) is 5.10 Å². The summed E-state index contributed by atoms with van der Waals surface area (Å²) >= 11 is 0. The van der Waals surface area contributed by atoms with Crippen LogP contribution in [0, 0.1) is 0 Å². The molecule has 212 valence electrons. The molecule has 0 aliphatic heterocycles. The summed E-state index contributed by atoms with van der Waals surface area (Å²) in [6.45, 7) is 2.46. The summed E-state index contributed by atoms with van der Waals surface area (Å²) in [5, 5.41) is 5.02. The second kappa shape index (κ2) is 12.7. The molecule has 1 amide bonds. The summed E-state index contributed by atoms with van der Waals surface area (Å²) in [5.41, 5.74) is 6.41. The van der Waals surface area contributed by atoms with Gasteiger partial charge in [0.1, 0.15) is 17.2 Å². The van der Waals surface area contributed by atoms with Gasteiger partial charge in [-0.25, -0.2) is 10.2 Å². The summed E-state index contributed by atoms with van der Waals surface area (Å²) < 4.78 is 21.8. The number of nitrogens with zero attached hydrogens (tertiary/aromatic N) is 1. The van der Waals surface area contributed by atoms with Crippen molar-refractivity contribution in [1.82, 2.24) is 10.4 Å². The number of fused-ring (bicyclic) bond motifs is 1. The lowest BCUT2D eigenvalue weighted by molar-refractivity contribution is 0.0729. The standard InChI is InChI=1S/C33H29N3O6/c1-4-41-25-15-16-27-26(19-25)30(22-8-6-5-7-9-22)31(35-27)32(37)36-34-20-21-10-17-28(29(18-21)40-3)42-33(38)23-11-13-24(39-2)14-12-23/h5-20,35H,4H2,1-3H3,(H,36,37). The van der Waals surface area contributed by atoms with Crippen molar-refractivity contribution >= 4 is 29.0 Å². The third-order valence-corrected chi connectivity index (χ3v) is 6.47. The van der Waals surface area contributed by atoms with E-state index in [1.807, 2.05) is 55.5 Å². The van der Waals surface area contributed by atoms with E-state index < -0.39 is 11.9 Å². The van der Waals surface area contributed by atoms with Crippen LogP contribution in [-0.4, -0.2) is 43.9 Å². The van der Waals surface area contributed by atoms with Crippen LogP contribution in [0.5, 0.6) is 23.0 Å². The van der Waals surface area contributed by atoms with E-state index in [1.54, 1.807) is 49.6 Å². The number of hydrogen-bond donors (Lipinski definition) is 2. The first-order chi connectivity index (χ1) is 20.5. The maximum Gasteiger partial charge on any atom is 0.343 e. The monoisotopic (exact) mass is 563 g/mol. The number of rotatable bonds is 10. The summed E-state index contributed by atoms with van der Waals surface area (Å²) in [7, 11) is 3.03. The van der Waals surface area contributed by atoms with E-state index in [9.17, 15) is 9.59 Å². The van der Waals surface area contributed by atoms with Gasteiger partial charge in [0.25, 0.3) is 5.91 Å². The van der Waals surface area contributed by atoms with Crippen molar-refractivity contribution in [3.63, 3.8) is 0 Å². The number of aromatic amines is 1. The van der Waals surface area contributed by atoms with E-state index in [-0.39, 0.29) is 5.75 Å². The van der Waals surface area contributed by atoms with Crippen LogP contribution in [0.4, 0.5) is 0 Å². The fourth-order valence-corrected chi connectivity index (χ4v) is 4.46. The maximum atomic E-state index is 13.3. The van der Waals surface area contributed by atoms with Gasteiger partial charge in [0.2, 0.25) is 0 Å². The fourth-order valence-electron chi connectivity index (χ4n) is 4.46. The molecule has 0 aliphatic carbocycles. The molecule has 0 bridgehead atoms. The smallest absolute Gasteiger partial charge is 0.343 e. The number of ether oxygens (including phenoxy) is 4. The molecular weight excluding hydrogens is 534 g/mol. The van der Waals surface area contributed by atoms with Crippen LogP contribution < -0.4 is 24.4 Å². The van der Waals surface area contributed by atoms with Gasteiger partial charge < -0.3 is 23.9 Å². The van der Waals surface area contributed by atoms with Crippen molar-refractivity contribution < 1.29 is 28.5 Å². The molecule has 0 atom stereocenters. The Hall–Kier alpha value is -5.57. The molecule has 0 saturated carbocycles. The maximum absolute atomic E-state index is 13.3. The molecule has 1 aromatic heterocycles. The Balaban J connectivity index is 1.34. The molecule has 0 fully saturated rings. The Morgan fingerprint density at radius 1 is 0.857 bits per heavy atom. The lowest BCUT2D eigenvalue weighted by Crippen LogP contribution is -2.18. The van der Waals surface area contributed by atoms with E-state index in [0.29, 0.717) is 34.9 Å². The minimum absolute atomic E-state index is 0.247. The van der Waals surface area contributed by atoms with Crippen molar-refractivity contribution in [3.8, 4) is 34.1 Å². The van der Waals surface area contributed by atoms with Gasteiger partial charge in [-0.05, 0) is 78.7 Å². The van der Waals surface area contributed by atoms with Gasteiger partial charge in [0.15, 0.2) is 11.5 Å². The van der Waals surface area contributed by atoms with Crippen molar-refractivity contribution in [2.45, 2.75) is 6.92 Å². The Bertz CT molecular complexity index is 1740. The second-order valence-electron chi connectivity index (χ2n) is 9.11. The van der Waals surface area contributed by atoms with Crippen LogP contribution >= 0.6 is 0 Å². The molecule has 9 heteroatoms. The van der Waals surface area contributed by atoms with Crippen molar-refractivity contribution in [1.29, 1.82) is 0 Å². The predicted octanol–water partition coefficient (Wildman–Crippen LogP) is 6.23. The van der Waals surface area contributed by atoms with E-state index in [4.69, 9.17) is 18.9 Å². The number of methoxy groups -OCH3 is 2. The summed E-state index contributed by atoms with van der Waals surface area (Å²) in [5.74, 6) is 0.993. The molecular formula is C33H29N3O6. The van der Waals surface area contributed by atoms with Crippen LogP contribution in [-0.2, 0) is 0 Å². The first kappa shape index (κ1) is 28.0. The number of benzene rings is 4. The number of amides is 1. The Labute approximate surface area is 242 Å². The third kappa shape index (κ3) is 6.10. The average molecular weight is 564 g/mol. The lowest BCUT2D eigenvalue weighted by atomic mass is 10.0. The Morgan fingerprint density at radius 2 is 1.62 bits per heavy atom. The van der Waals surface area contributed by atoms with E-state index in [1.165, 1.54) is 13.3 Å². The van der Waals surface area contributed by atoms with E-state index in [2.05, 4.69) is 15.5 Å². The molecule has 9 nitrogen and oxygen atoms in total. The van der Waals surface area contributed by atoms with Crippen molar-refractivity contribution in [3.05, 3.63) is 108 Å². The number of carbonyl (C=O) groups excluding carboxylic acids is 2. The van der Waals surface area contributed by atoms with Crippen LogP contribution in [0.2, 0.25) is 0 Å². The number of H-pyrrole nitrogens is 1. The summed E-state index contributed by atoms with van der Waals surface area (Å²) in [4.78, 5) is 29.1. The van der Waals surface area contributed by atoms with Gasteiger partial charge >= 0.3 is 5.97 Å². The fraction of sp³-hybridized carbons (Fsp3) is 0.121. The van der Waals surface area contributed by atoms with Crippen molar-refractivity contribution in [2.75, 3.05) is 20.8 Å². The van der Waals surface area contributed by atoms with Crippen molar-refractivity contribution in [2.24, 2.45) is 5.10 Å². The minimum Gasteiger partial charge on any atom is -0.497 e. The molecule has 0 aliphatic rings. The summed E-state index contributed by atoms with van der Waals surface area (Å²) in [6, 6.07) is 26.9. The molecule has 42 heavy (non-hydrogen) atoms. The predicted molar refractivity (Wildman–Crippen MR) is 161 cm³/mol. The normalized spacial score (nSPS) is 10.9. The number of nitrogens with one attached hydrogen (secondary N) is 2. The number of esters is 1. The average Bonchev–Trinajstić information content (AvgIpc) is 3.41. The Morgan fingerprint density at radius 3 is 2.33 bits per heavy atom. The highest BCUT2D eigenvalue weighted by Crippen LogP contribution is 2.35. The number of hydrogen-bond acceptors (Lipinski definition) is 7. The molecule has 5 aromatic rings. The zero-order valence-electron chi connectivity index (χ0n) is 23.3. The van der Waals surface area contributed by atoms with Gasteiger partial charge in [-0.3, -0.25) is 4.79 Å². The zero-order chi connectivity index (χ0) is 29.5. The lowest BCUT2D eigenvalue weighted by Gasteiger charge is -2.10. The third-order valence-electron chi connectivity index (χ3n) is 6.47. The zero-order valence-corrected chi connectivity index (χ0v) is 23.3.